The second-order valence-electron chi connectivity index (χ2n) is 8.55. The number of ketones is 1. The Morgan fingerprint density at radius 2 is 2.00 bits per heavy atom. The van der Waals surface area contributed by atoms with Crippen molar-refractivity contribution in [1.29, 1.82) is 0 Å². The number of carbonyl (C=O) groups is 2. The number of anilines is 1. The van der Waals surface area contributed by atoms with Gasteiger partial charge >= 0.3 is 0 Å². The summed E-state index contributed by atoms with van der Waals surface area (Å²) in [6, 6.07) is 7.20. The van der Waals surface area contributed by atoms with Crippen molar-refractivity contribution in [2.24, 2.45) is 11.5 Å². The van der Waals surface area contributed by atoms with Crippen LogP contribution in [-0.4, -0.2) is 30.8 Å². The molecule has 0 saturated carbocycles. The van der Waals surface area contributed by atoms with Crippen LogP contribution in [0.2, 0.25) is 10.0 Å². The van der Waals surface area contributed by atoms with Gasteiger partial charge in [0.2, 0.25) is 0 Å². The number of nitrogens with two attached hydrogens (primary N) is 3. The maximum atomic E-state index is 13.7. The summed E-state index contributed by atoms with van der Waals surface area (Å²) in [6.45, 7) is 1.64. The molecular formula is C23H23Cl2N5O2S. The van der Waals surface area contributed by atoms with Crippen LogP contribution in [0.3, 0.4) is 0 Å². The molecule has 8 N–H and O–H groups in total. The van der Waals surface area contributed by atoms with Crippen molar-refractivity contribution in [1.82, 2.24) is 10.6 Å². The van der Waals surface area contributed by atoms with Gasteiger partial charge in [0.1, 0.15) is 5.54 Å². The standard InChI is InChI=1S/C23H23Cl2N5O2S/c24-13-5-3-10(8-14(13)25)23(28)12-4-6-15(26)19-16(12)17(18(27)21(23)31)20(33-19)22(32)30-11-2-1-7-29-9-11/h3-6,8,11,18,29H,1-2,7,9,26-28H2,(H,30,32). The minimum Gasteiger partial charge on any atom is -0.398 e. The topological polar surface area (TPSA) is 136 Å². The molecule has 0 radical (unpaired) electrons. The van der Waals surface area contributed by atoms with Gasteiger partial charge in [-0.15, -0.1) is 11.3 Å². The Bertz CT molecular complexity index is 1300. The highest BCUT2D eigenvalue weighted by atomic mass is 35.5. The summed E-state index contributed by atoms with van der Waals surface area (Å²) in [6.07, 6.45) is 1.87. The molecule has 10 heteroatoms. The molecule has 33 heavy (non-hydrogen) atoms. The van der Waals surface area contributed by atoms with Crippen LogP contribution in [0.15, 0.2) is 30.3 Å². The third kappa shape index (κ3) is 3.44. The van der Waals surface area contributed by atoms with Crippen LogP contribution in [0.1, 0.15) is 45.2 Å². The van der Waals surface area contributed by atoms with Crippen LogP contribution in [0.5, 0.6) is 0 Å². The third-order valence-electron chi connectivity index (χ3n) is 6.53. The Hall–Kier alpha value is -2.20. The van der Waals surface area contributed by atoms with E-state index in [0.717, 1.165) is 19.4 Å². The van der Waals surface area contributed by atoms with Crippen molar-refractivity contribution in [2.45, 2.75) is 30.5 Å². The summed E-state index contributed by atoms with van der Waals surface area (Å²) in [4.78, 5) is 27.4. The molecule has 3 atom stereocenters. The molecule has 1 fully saturated rings. The van der Waals surface area contributed by atoms with Gasteiger partial charge in [-0.05, 0) is 48.7 Å². The zero-order valence-corrected chi connectivity index (χ0v) is 19.9. The predicted octanol–water partition coefficient (Wildman–Crippen LogP) is 3.06. The largest absolute Gasteiger partial charge is 0.398 e. The van der Waals surface area contributed by atoms with Crippen LogP contribution < -0.4 is 27.8 Å². The summed E-state index contributed by atoms with van der Waals surface area (Å²) in [5.41, 5.74) is 20.0. The molecule has 2 heterocycles. The molecule has 1 aromatic heterocycles. The molecule has 7 nitrogen and oxygen atoms in total. The molecule has 2 aliphatic rings. The molecule has 3 aromatic rings. The van der Waals surface area contributed by atoms with Crippen molar-refractivity contribution >= 4 is 62.0 Å². The Labute approximate surface area is 204 Å². The SMILES string of the molecule is Nc1ccc2c3c(c(C(=O)NC4CCCNC4)sc13)C(N)C(=O)C2(N)c1ccc(Cl)c(Cl)c1. The van der Waals surface area contributed by atoms with Gasteiger partial charge < -0.3 is 27.8 Å². The number of nitrogen functional groups attached to an aromatic ring is 1. The highest BCUT2D eigenvalue weighted by Gasteiger charge is 2.49. The number of thiophene rings is 1. The van der Waals surface area contributed by atoms with E-state index in [1.807, 2.05) is 0 Å². The highest BCUT2D eigenvalue weighted by Crippen LogP contribution is 2.49. The molecule has 0 spiro atoms. The molecule has 3 unspecified atom stereocenters. The summed E-state index contributed by atoms with van der Waals surface area (Å²) >= 11 is 13.6. The van der Waals surface area contributed by atoms with Gasteiger partial charge in [-0.2, -0.15) is 0 Å². The minimum atomic E-state index is -1.56. The van der Waals surface area contributed by atoms with Gasteiger partial charge in [0, 0.05) is 29.2 Å². The lowest BCUT2D eigenvalue weighted by Crippen LogP contribution is -2.52. The first kappa shape index (κ1) is 22.6. The zero-order chi connectivity index (χ0) is 23.5. The zero-order valence-electron chi connectivity index (χ0n) is 17.6. The monoisotopic (exact) mass is 503 g/mol. The number of hydrogen-bond donors (Lipinski definition) is 5. The van der Waals surface area contributed by atoms with E-state index in [0.29, 0.717) is 48.9 Å². The van der Waals surface area contributed by atoms with Gasteiger partial charge in [-0.3, -0.25) is 9.59 Å². The number of piperidine rings is 1. The highest BCUT2D eigenvalue weighted by molar-refractivity contribution is 7.21. The van der Waals surface area contributed by atoms with Gasteiger partial charge in [-0.1, -0.05) is 35.3 Å². The minimum absolute atomic E-state index is 0.0146. The van der Waals surface area contributed by atoms with Crippen molar-refractivity contribution < 1.29 is 9.59 Å². The predicted molar refractivity (Wildman–Crippen MR) is 133 cm³/mol. The van der Waals surface area contributed by atoms with Crippen LogP contribution >= 0.6 is 34.5 Å². The van der Waals surface area contributed by atoms with Gasteiger partial charge in [0.05, 0.1) is 25.7 Å². The van der Waals surface area contributed by atoms with E-state index in [1.54, 1.807) is 30.3 Å². The average molecular weight is 504 g/mol. The first-order valence-electron chi connectivity index (χ1n) is 10.6. The smallest absolute Gasteiger partial charge is 0.262 e. The van der Waals surface area contributed by atoms with E-state index in [9.17, 15) is 9.59 Å². The van der Waals surface area contributed by atoms with Crippen molar-refractivity contribution in [3.63, 3.8) is 0 Å². The Kier molecular flexibility index (Phi) is 5.63. The first-order chi connectivity index (χ1) is 15.7. The van der Waals surface area contributed by atoms with Crippen LogP contribution in [0, 0.1) is 0 Å². The molecule has 0 bridgehead atoms. The number of carbonyl (C=O) groups excluding carboxylic acids is 2. The average Bonchev–Trinajstić information content (AvgIpc) is 3.21. The van der Waals surface area contributed by atoms with Crippen LogP contribution in [-0.2, 0) is 10.3 Å². The van der Waals surface area contributed by atoms with Gasteiger partial charge in [0.15, 0.2) is 5.78 Å². The molecule has 1 aliphatic heterocycles. The summed E-state index contributed by atoms with van der Waals surface area (Å²) in [5.74, 6) is -0.682. The van der Waals surface area contributed by atoms with E-state index >= 15 is 0 Å². The van der Waals surface area contributed by atoms with E-state index in [-0.39, 0.29) is 17.0 Å². The number of amides is 1. The maximum absolute atomic E-state index is 13.7. The second kappa shape index (κ2) is 8.23. The number of Topliss-reactive ketones (excluding diaryl/α,β-unsaturated/α-hetero) is 1. The Balaban J connectivity index is 1.70. The normalized spacial score (nSPS) is 24.8. The number of benzene rings is 2. The lowest BCUT2D eigenvalue weighted by Gasteiger charge is -2.36. The molecule has 1 aliphatic carbocycles. The fourth-order valence-corrected chi connectivity index (χ4v) is 6.32. The van der Waals surface area contributed by atoms with Gasteiger partial charge in [0.25, 0.3) is 5.91 Å². The molecule has 2 aromatic carbocycles. The molecule has 172 valence electrons. The Morgan fingerprint density at radius 1 is 1.21 bits per heavy atom. The van der Waals surface area contributed by atoms with Crippen molar-refractivity contribution in [3.8, 4) is 0 Å². The molecular weight excluding hydrogens is 481 g/mol. The van der Waals surface area contributed by atoms with E-state index < -0.39 is 17.4 Å². The van der Waals surface area contributed by atoms with E-state index in [4.69, 9.17) is 40.4 Å². The fourth-order valence-electron chi connectivity index (χ4n) is 4.81. The quantitative estimate of drug-likeness (QED) is 0.348. The molecule has 5 rings (SSSR count). The van der Waals surface area contributed by atoms with Crippen molar-refractivity contribution in [3.05, 3.63) is 61.9 Å². The maximum Gasteiger partial charge on any atom is 0.262 e. The number of nitrogens with one attached hydrogen (secondary N) is 2. The Morgan fingerprint density at radius 3 is 2.70 bits per heavy atom. The number of rotatable bonds is 3. The number of hydrogen-bond acceptors (Lipinski definition) is 7. The lowest BCUT2D eigenvalue weighted by molar-refractivity contribution is -0.124. The van der Waals surface area contributed by atoms with E-state index in [1.165, 1.54) is 11.3 Å². The van der Waals surface area contributed by atoms with Crippen molar-refractivity contribution in [2.75, 3.05) is 18.8 Å². The van der Waals surface area contributed by atoms with Crippen LogP contribution in [0.4, 0.5) is 5.69 Å². The summed E-state index contributed by atoms with van der Waals surface area (Å²) < 4.78 is 0.687. The summed E-state index contributed by atoms with van der Waals surface area (Å²) in [7, 11) is 0. The molecule has 1 saturated heterocycles. The molecule has 1 amide bonds. The third-order valence-corrected chi connectivity index (χ3v) is 8.52. The first-order valence-corrected chi connectivity index (χ1v) is 12.2. The summed E-state index contributed by atoms with van der Waals surface area (Å²) in [5, 5.41) is 7.65. The fraction of sp³-hybridized carbons (Fsp3) is 0.304. The van der Waals surface area contributed by atoms with Crippen LogP contribution in [0.25, 0.3) is 10.1 Å². The van der Waals surface area contributed by atoms with Gasteiger partial charge in [-0.25, -0.2) is 0 Å². The lowest BCUT2D eigenvalue weighted by atomic mass is 9.70. The second-order valence-corrected chi connectivity index (χ2v) is 10.4. The number of halogens is 2. The van der Waals surface area contributed by atoms with E-state index in [2.05, 4.69) is 10.6 Å².